The summed E-state index contributed by atoms with van der Waals surface area (Å²) in [6.07, 6.45) is 8.91. The van der Waals surface area contributed by atoms with E-state index in [1.54, 1.807) is 19.2 Å². The number of hydrogen-bond acceptors (Lipinski definition) is 3. The Labute approximate surface area is 150 Å². The maximum absolute atomic E-state index is 13.1. The molecular formula is C20H28N2O3. The number of hydrogen-bond donors (Lipinski definition) is 0. The minimum absolute atomic E-state index is 0.117. The van der Waals surface area contributed by atoms with E-state index in [0.717, 1.165) is 30.6 Å². The Morgan fingerprint density at radius 1 is 1.32 bits per heavy atom. The second-order valence-corrected chi connectivity index (χ2v) is 7.29. The van der Waals surface area contributed by atoms with Crippen LogP contribution in [-0.4, -0.2) is 46.7 Å². The Balaban J connectivity index is 2.22. The SMILES string of the molecule is C=C/C=C\C(=C)C(=O)CN1C(=O)N(C)C(C)(C2CCCCC2C)C1=O. The van der Waals surface area contributed by atoms with E-state index in [2.05, 4.69) is 20.1 Å². The minimum Gasteiger partial charge on any atom is -0.313 e. The third-order valence-electron chi connectivity index (χ3n) is 5.82. The average Bonchev–Trinajstić information content (AvgIpc) is 2.76. The Morgan fingerprint density at radius 2 is 1.96 bits per heavy atom. The Kier molecular flexibility index (Phi) is 5.65. The molecule has 5 heteroatoms. The van der Waals surface area contributed by atoms with Gasteiger partial charge in [-0.2, -0.15) is 0 Å². The summed E-state index contributed by atoms with van der Waals surface area (Å²) in [5.41, 5.74) is -0.627. The molecule has 3 unspecified atom stereocenters. The van der Waals surface area contributed by atoms with Crippen LogP contribution in [0.2, 0.25) is 0 Å². The molecule has 0 radical (unpaired) electrons. The van der Waals surface area contributed by atoms with Gasteiger partial charge in [0.2, 0.25) is 0 Å². The fraction of sp³-hybridized carbons (Fsp3) is 0.550. The molecule has 1 heterocycles. The first-order valence-electron chi connectivity index (χ1n) is 8.86. The first kappa shape index (κ1) is 19.2. The number of imide groups is 1. The zero-order valence-electron chi connectivity index (χ0n) is 15.5. The fourth-order valence-corrected chi connectivity index (χ4v) is 4.10. The number of rotatable bonds is 6. The number of amides is 3. The highest BCUT2D eigenvalue weighted by molar-refractivity contribution is 6.11. The van der Waals surface area contributed by atoms with Crippen molar-refractivity contribution in [1.82, 2.24) is 9.80 Å². The molecule has 0 aromatic carbocycles. The molecule has 1 aliphatic carbocycles. The molecule has 0 bridgehead atoms. The van der Waals surface area contributed by atoms with Crippen molar-refractivity contribution < 1.29 is 14.4 Å². The molecule has 25 heavy (non-hydrogen) atoms. The van der Waals surface area contributed by atoms with Gasteiger partial charge in [-0.3, -0.25) is 14.5 Å². The smallest absolute Gasteiger partial charge is 0.313 e. The van der Waals surface area contributed by atoms with E-state index in [9.17, 15) is 14.4 Å². The molecule has 0 N–H and O–H groups in total. The summed E-state index contributed by atoms with van der Waals surface area (Å²) < 4.78 is 0. The van der Waals surface area contributed by atoms with Crippen molar-refractivity contribution >= 4 is 17.7 Å². The normalized spacial score (nSPS) is 30.2. The highest BCUT2D eigenvalue weighted by Crippen LogP contribution is 2.43. The average molecular weight is 344 g/mol. The number of likely N-dealkylation sites (N-methyl/N-ethyl adjacent to an activating group) is 1. The predicted octanol–water partition coefficient (Wildman–Crippen LogP) is 3.33. The molecule has 2 fully saturated rings. The van der Waals surface area contributed by atoms with E-state index in [1.807, 2.05) is 6.92 Å². The van der Waals surface area contributed by atoms with E-state index < -0.39 is 11.6 Å². The van der Waals surface area contributed by atoms with Crippen LogP contribution in [0.4, 0.5) is 4.79 Å². The monoisotopic (exact) mass is 344 g/mol. The van der Waals surface area contributed by atoms with Gasteiger partial charge in [-0.25, -0.2) is 4.79 Å². The molecular weight excluding hydrogens is 316 g/mol. The molecule has 0 aromatic rings. The number of ketones is 1. The number of Topliss-reactive ketones (excluding diaryl/α,β-unsaturated/α-hetero) is 1. The van der Waals surface area contributed by atoms with Gasteiger partial charge >= 0.3 is 6.03 Å². The highest BCUT2D eigenvalue weighted by atomic mass is 16.2. The lowest BCUT2D eigenvalue weighted by molar-refractivity contribution is -0.138. The van der Waals surface area contributed by atoms with Crippen molar-refractivity contribution in [3.8, 4) is 0 Å². The van der Waals surface area contributed by atoms with Crippen molar-refractivity contribution in [2.24, 2.45) is 11.8 Å². The van der Waals surface area contributed by atoms with Gasteiger partial charge < -0.3 is 4.90 Å². The quantitative estimate of drug-likeness (QED) is 0.422. The molecule has 1 saturated heterocycles. The largest absolute Gasteiger partial charge is 0.327 e. The van der Waals surface area contributed by atoms with Crippen molar-refractivity contribution in [2.75, 3.05) is 13.6 Å². The number of carbonyl (C=O) groups is 3. The van der Waals surface area contributed by atoms with Crippen LogP contribution in [0.3, 0.4) is 0 Å². The van der Waals surface area contributed by atoms with Crippen LogP contribution >= 0.6 is 0 Å². The lowest BCUT2D eigenvalue weighted by atomic mass is 9.69. The summed E-state index contributed by atoms with van der Waals surface area (Å²) in [4.78, 5) is 40.7. The number of allylic oxidation sites excluding steroid dienone is 3. The molecule has 2 rings (SSSR count). The second-order valence-electron chi connectivity index (χ2n) is 7.29. The van der Waals surface area contributed by atoms with E-state index in [4.69, 9.17) is 0 Å². The third kappa shape index (κ3) is 3.32. The van der Waals surface area contributed by atoms with Gasteiger partial charge in [0.25, 0.3) is 5.91 Å². The van der Waals surface area contributed by atoms with E-state index >= 15 is 0 Å². The maximum Gasteiger partial charge on any atom is 0.327 e. The number of carbonyl (C=O) groups excluding carboxylic acids is 3. The van der Waals surface area contributed by atoms with Crippen LogP contribution in [0.5, 0.6) is 0 Å². The van der Waals surface area contributed by atoms with Gasteiger partial charge in [0.15, 0.2) is 5.78 Å². The predicted molar refractivity (Wildman–Crippen MR) is 97.9 cm³/mol. The van der Waals surface area contributed by atoms with Gasteiger partial charge in [0, 0.05) is 12.6 Å². The van der Waals surface area contributed by atoms with E-state index in [1.165, 1.54) is 11.0 Å². The topological polar surface area (TPSA) is 57.7 Å². The van der Waals surface area contributed by atoms with Gasteiger partial charge in [-0.15, -0.1) is 0 Å². The molecule has 136 valence electrons. The van der Waals surface area contributed by atoms with Gasteiger partial charge in [0.1, 0.15) is 5.54 Å². The number of urea groups is 1. The summed E-state index contributed by atoms with van der Waals surface area (Å²) in [6.45, 7) is 11.0. The zero-order chi connectivity index (χ0) is 18.8. The van der Waals surface area contributed by atoms with Crippen LogP contribution in [0, 0.1) is 11.8 Å². The fourth-order valence-electron chi connectivity index (χ4n) is 4.10. The second kappa shape index (κ2) is 7.38. The van der Waals surface area contributed by atoms with Crippen LogP contribution in [-0.2, 0) is 9.59 Å². The van der Waals surface area contributed by atoms with Gasteiger partial charge in [-0.1, -0.05) is 57.6 Å². The summed E-state index contributed by atoms with van der Waals surface area (Å²) in [6, 6.07) is -0.404. The van der Waals surface area contributed by atoms with Gasteiger partial charge in [0.05, 0.1) is 6.54 Å². The molecule has 0 spiro atoms. The van der Waals surface area contributed by atoms with Crippen molar-refractivity contribution in [3.05, 3.63) is 37.0 Å². The Hall–Kier alpha value is -2.17. The maximum atomic E-state index is 13.1. The summed E-state index contributed by atoms with van der Waals surface area (Å²) >= 11 is 0. The molecule has 1 aliphatic heterocycles. The standard InChI is InChI=1S/C20H28N2O3/c1-6-7-10-15(3)17(23)13-22-18(24)20(4,21(5)19(22)25)16-12-9-8-11-14(16)2/h6-7,10,14,16H,1,3,8-9,11-13H2,2,4-5H3/b10-7-. The Morgan fingerprint density at radius 3 is 2.56 bits per heavy atom. The molecule has 3 atom stereocenters. The van der Waals surface area contributed by atoms with Crippen LogP contribution in [0.1, 0.15) is 39.5 Å². The van der Waals surface area contributed by atoms with E-state index in [-0.39, 0.29) is 29.7 Å². The first-order valence-corrected chi connectivity index (χ1v) is 8.86. The van der Waals surface area contributed by atoms with Crippen LogP contribution in [0.15, 0.2) is 37.0 Å². The zero-order valence-corrected chi connectivity index (χ0v) is 15.5. The lowest BCUT2D eigenvalue weighted by Crippen LogP contribution is -2.54. The molecule has 2 aliphatic rings. The first-order chi connectivity index (χ1) is 11.7. The summed E-state index contributed by atoms with van der Waals surface area (Å²) in [5.74, 6) is -0.118. The van der Waals surface area contributed by atoms with E-state index in [0.29, 0.717) is 5.92 Å². The van der Waals surface area contributed by atoms with Crippen LogP contribution < -0.4 is 0 Å². The van der Waals surface area contributed by atoms with Crippen molar-refractivity contribution in [1.29, 1.82) is 0 Å². The molecule has 0 aromatic heterocycles. The van der Waals surface area contributed by atoms with Crippen molar-refractivity contribution in [2.45, 2.75) is 45.1 Å². The lowest BCUT2D eigenvalue weighted by Gasteiger charge is -2.42. The van der Waals surface area contributed by atoms with Crippen molar-refractivity contribution in [3.63, 3.8) is 0 Å². The third-order valence-corrected chi connectivity index (χ3v) is 5.82. The molecule has 5 nitrogen and oxygen atoms in total. The minimum atomic E-state index is -0.879. The summed E-state index contributed by atoms with van der Waals surface area (Å²) in [7, 11) is 1.67. The Bertz CT molecular complexity index is 637. The highest BCUT2D eigenvalue weighted by Gasteiger charge is 2.57. The van der Waals surface area contributed by atoms with Gasteiger partial charge in [-0.05, 0) is 25.2 Å². The summed E-state index contributed by atoms with van der Waals surface area (Å²) in [5, 5.41) is 0. The number of nitrogens with zero attached hydrogens (tertiary/aromatic N) is 2. The molecule has 3 amide bonds. The molecule has 1 saturated carbocycles. The van der Waals surface area contributed by atoms with Crippen LogP contribution in [0.25, 0.3) is 0 Å².